The highest BCUT2D eigenvalue weighted by atomic mass is 16.1. The monoisotopic (exact) mass is 391 g/mol. The zero-order chi connectivity index (χ0) is 20.0. The summed E-state index contributed by atoms with van der Waals surface area (Å²) in [5.41, 5.74) is 5.05. The number of nitrogens with zero attached hydrogens (tertiary/aromatic N) is 4. The van der Waals surface area contributed by atoms with Crippen molar-refractivity contribution in [1.82, 2.24) is 24.7 Å². The van der Waals surface area contributed by atoms with Crippen LogP contribution in [0.3, 0.4) is 0 Å². The SMILES string of the molecule is CCc1cc2ncc(CN3CC4CN(C5=CN(C)CC=C5)CC4C3)cc2[nH]c1=O. The van der Waals surface area contributed by atoms with Crippen LogP contribution in [0.4, 0.5) is 0 Å². The molecule has 3 aliphatic rings. The van der Waals surface area contributed by atoms with Gasteiger partial charge in [-0.3, -0.25) is 14.7 Å². The van der Waals surface area contributed by atoms with E-state index in [1.54, 1.807) is 0 Å². The fourth-order valence-corrected chi connectivity index (χ4v) is 5.05. The quantitative estimate of drug-likeness (QED) is 0.866. The first-order chi connectivity index (χ1) is 14.1. The number of H-pyrrole nitrogens is 1. The van der Waals surface area contributed by atoms with E-state index in [0.717, 1.165) is 74.1 Å². The van der Waals surface area contributed by atoms with Crippen molar-refractivity contribution in [2.75, 3.05) is 39.8 Å². The fourth-order valence-electron chi connectivity index (χ4n) is 5.05. The van der Waals surface area contributed by atoms with Gasteiger partial charge in [0.15, 0.2) is 0 Å². The third-order valence-electron chi connectivity index (χ3n) is 6.57. The van der Waals surface area contributed by atoms with Gasteiger partial charge < -0.3 is 14.8 Å². The summed E-state index contributed by atoms with van der Waals surface area (Å²) < 4.78 is 0. The van der Waals surface area contributed by atoms with Crippen LogP contribution >= 0.6 is 0 Å². The van der Waals surface area contributed by atoms with E-state index in [4.69, 9.17) is 0 Å². The van der Waals surface area contributed by atoms with Crippen molar-refractivity contribution < 1.29 is 0 Å². The minimum absolute atomic E-state index is 0.00598. The minimum Gasteiger partial charge on any atom is -0.375 e. The molecule has 2 fully saturated rings. The molecule has 6 heteroatoms. The second kappa shape index (κ2) is 7.34. The first kappa shape index (κ1) is 18.4. The Bertz CT molecular complexity index is 1030. The summed E-state index contributed by atoms with van der Waals surface area (Å²) in [5.74, 6) is 1.47. The maximum Gasteiger partial charge on any atom is 0.251 e. The lowest BCUT2D eigenvalue weighted by Crippen LogP contribution is -2.29. The van der Waals surface area contributed by atoms with Crippen molar-refractivity contribution in [3.8, 4) is 0 Å². The van der Waals surface area contributed by atoms with E-state index in [1.807, 2.05) is 19.2 Å². The van der Waals surface area contributed by atoms with Crippen LogP contribution in [0.15, 0.2) is 47.2 Å². The summed E-state index contributed by atoms with van der Waals surface area (Å²) in [6, 6.07) is 4.01. The maximum atomic E-state index is 12.1. The molecule has 5 rings (SSSR count). The molecule has 2 aromatic rings. The molecule has 2 atom stereocenters. The summed E-state index contributed by atoms with van der Waals surface area (Å²) in [6.45, 7) is 8.47. The number of allylic oxidation sites excluding steroid dienone is 1. The molecule has 0 aliphatic carbocycles. The molecule has 29 heavy (non-hydrogen) atoms. The second-order valence-corrected chi connectivity index (χ2v) is 8.77. The lowest BCUT2D eigenvalue weighted by Gasteiger charge is -2.27. The van der Waals surface area contributed by atoms with E-state index in [-0.39, 0.29) is 5.56 Å². The zero-order valence-corrected chi connectivity index (χ0v) is 17.3. The number of aryl methyl sites for hydroxylation is 1. The van der Waals surface area contributed by atoms with E-state index in [2.05, 4.69) is 56.1 Å². The maximum absolute atomic E-state index is 12.1. The van der Waals surface area contributed by atoms with E-state index < -0.39 is 0 Å². The molecular weight excluding hydrogens is 362 g/mol. The number of nitrogens with one attached hydrogen (secondary N) is 1. The van der Waals surface area contributed by atoms with Gasteiger partial charge in [0.05, 0.1) is 16.7 Å². The topological polar surface area (TPSA) is 55.5 Å². The molecule has 6 nitrogen and oxygen atoms in total. The van der Waals surface area contributed by atoms with Crippen LogP contribution in [0.2, 0.25) is 0 Å². The molecule has 0 bridgehead atoms. The molecule has 2 unspecified atom stereocenters. The average Bonchev–Trinajstić information content (AvgIpc) is 3.26. The van der Waals surface area contributed by atoms with Crippen LogP contribution in [0.5, 0.6) is 0 Å². The van der Waals surface area contributed by atoms with Crippen molar-refractivity contribution >= 4 is 11.0 Å². The normalized spacial score (nSPS) is 24.4. The Morgan fingerprint density at radius 3 is 2.69 bits per heavy atom. The van der Waals surface area contributed by atoms with Crippen LogP contribution in [-0.4, -0.2) is 64.4 Å². The van der Waals surface area contributed by atoms with Crippen LogP contribution in [0, 0.1) is 11.8 Å². The second-order valence-electron chi connectivity index (χ2n) is 8.77. The first-order valence-corrected chi connectivity index (χ1v) is 10.7. The lowest BCUT2D eigenvalue weighted by molar-refractivity contribution is 0.274. The Morgan fingerprint density at radius 2 is 1.97 bits per heavy atom. The van der Waals surface area contributed by atoms with Crippen molar-refractivity contribution in [3.05, 3.63) is 63.9 Å². The number of aromatic nitrogens is 2. The average molecular weight is 392 g/mol. The molecule has 0 saturated carbocycles. The summed E-state index contributed by atoms with van der Waals surface area (Å²) in [7, 11) is 2.13. The highest BCUT2D eigenvalue weighted by Crippen LogP contribution is 2.34. The summed E-state index contributed by atoms with van der Waals surface area (Å²) in [4.78, 5) is 27.1. The third-order valence-corrected chi connectivity index (χ3v) is 6.57. The molecule has 2 saturated heterocycles. The smallest absolute Gasteiger partial charge is 0.251 e. The Balaban J connectivity index is 1.25. The predicted molar refractivity (Wildman–Crippen MR) is 115 cm³/mol. The van der Waals surface area contributed by atoms with E-state index in [0.29, 0.717) is 0 Å². The Hall–Kier alpha value is -2.60. The Labute approximate surface area is 171 Å². The van der Waals surface area contributed by atoms with Crippen molar-refractivity contribution in [2.45, 2.75) is 19.9 Å². The van der Waals surface area contributed by atoms with Gasteiger partial charge in [-0.05, 0) is 42.0 Å². The van der Waals surface area contributed by atoms with Crippen molar-refractivity contribution in [2.24, 2.45) is 11.8 Å². The molecule has 1 N–H and O–H groups in total. The first-order valence-electron chi connectivity index (χ1n) is 10.7. The van der Waals surface area contributed by atoms with Gasteiger partial charge >= 0.3 is 0 Å². The molecule has 2 aromatic heterocycles. The number of pyridine rings is 2. The molecule has 0 spiro atoms. The Kier molecular flexibility index (Phi) is 4.66. The van der Waals surface area contributed by atoms with Crippen molar-refractivity contribution in [3.63, 3.8) is 0 Å². The van der Waals surface area contributed by atoms with Gasteiger partial charge in [-0.2, -0.15) is 0 Å². The molecular formula is C23H29N5O. The zero-order valence-electron chi connectivity index (χ0n) is 17.3. The van der Waals surface area contributed by atoms with Crippen LogP contribution in [-0.2, 0) is 13.0 Å². The van der Waals surface area contributed by atoms with Gasteiger partial charge in [-0.15, -0.1) is 0 Å². The highest BCUT2D eigenvalue weighted by Gasteiger charge is 2.40. The molecule has 0 radical (unpaired) electrons. The largest absolute Gasteiger partial charge is 0.375 e. The number of aromatic amines is 1. The van der Waals surface area contributed by atoms with Gasteiger partial charge in [0, 0.05) is 64.3 Å². The summed E-state index contributed by atoms with van der Waals surface area (Å²) in [5, 5.41) is 0. The number of hydrogen-bond acceptors (Lipinski definition) is 5. The van der Waals surface area contributed by atoms with Gasteiger partial charge in [-0.25, -0.2) is 0 Å². The standard InChI is InChI=1S/C23H29N5O/c1-3-17-8-21-22(25-23(17)29)7-16(9-24-21)10-27-11-18-13-28(14-19(18)12-27)20-5-4-6-26(2)15-20/h4-5,7-9,15,18-19H,3,6,10-14H2,1-2H3,(H,25,29). The van der Waals surface area contributed by atoms with E-state index >= 15 is 0 Å². The van der Waals surface area contributed by atoms with E-state index in [1.165, 1.54) is 11.3 Å². The molecule has 5 heterocycles. The number of hydrogen-bond donors (Lipinski definition) is 1. The molecule has 152 valence electrons. The predicted octanol–water partition coefficient (Wildman–Crippen LogP) is 2.19. The fraction of sp³-hybridized carbons (Fsp3) is 0.478. The minimum atomic E-state index is 0.00598. The molecule has 0 amide bonds. The highest BCUT2D eigenvalue weighted by molar-refractivity contribution is 5.74. The number of fused-ring (bicyclic) bond motifs is 2. The van der Waals surface area contributed by atoms with Crippen LogP contribution in [0.1, 0.15) is 18.1 Å². The number of likely N-dealkylation sites (N-methyl/N-ethyl adjacent to an activating group) is 1. The Morgan fingerprint density at radius 1 is 1.17 bits per heavy atom. The molecule has 3 aliphatic heterocycles. The molecule has 0 aromatic carbocycles. The van der Waals surface area contributed by atoms with Gasteiger partial charge in [0.2, 0.25) is 0 Å². The third kappa shape index (κ3) is 3.57. The summed E-state index contributed by atoms with van der Waals surface area (Å²) in [6.07, 6.45) is 9.48. The summed E-state index contributed by atoms with van der Waals surface area (Å²) >= 11 is 0. The van der Waals surface area contributed by atoms with Gasteiger partial charge in [-0.1, -0.05) is 13.0 Å². The lowest BCUT2D eigenvalue weighted by atomic mass is 10.0. The number of rotatable bonds is 4. The van der Waals surface area contributed by atoms with Crippen LogP contribution < -0.4 is 5.56 Å². The van der Waals surface area contributed by atoms with E-state index in [9.17, 15) is 4.79 Å². The van der Waals surface area contributed by atoms with Crippen molar-refractivity contribution in [1.29, 1.82) is 0 Å². The van der Waals surface area contributed by atoms with Crippen LogP contribution in [0.25, 0.3) is 11.0 Å². The van der Waals surface area contributed by atoms with Gasteiger partial charge in [0.25, 0.3) is 5.56 Å². The number of likely N-dealkylation sites (tertiary alicyclic amines) is 2. The van der Waals surface area contributed by atoms with Gasteiger partial charge in [0.1, 0.15) is 0 Å².